The zero-order chi connectivity index (χ0) is 19.2. The Morgan fingerprint density at radius 1 is 1.41 bits per heavy atom. The minimum atomic E-state index is -0.0187. The highest BCUT2D eigenvalue weighted by Gasteiger charge is 2.28. The van der Waals surface area contributed by atoms with Crippen LogP contribution in [-0.2, 0) is 29.0 Å². The van der Waals surface area contributed by atoms with Crippen LogP contribution in [0.3, 0.4) is 0 Å². The Kier molecular flexibility index (Phi) is 4.84. The lowest BCUT2D eigenvalue weighted by molar-refractivity contribution is -0.133. The van der Waals surface area contributed by atoms with Crippen LogP contribution in [0.5, 0.6) is 0 Å². The van der Waals surface area contributed by atoms with E-state index in [1.165, 1.54) is 0 Å². The Hall–Kier alpha value is -1.73. The number of carbonyl (C=O) groups excluding carboxylic acids is 1. The van der Waals surface area contributed by atoms with Crippen molar-refractivity contribution in [3.8, 4) is 0 Å². The third-order valence-electron chi connectivity index (χ3n) is 5.29. The van der Waals surface area contributed by atoms with Crippen LogP contribution in [0.15, 0.2) is 11.1 Å². The lowest BCUT2D eigenvalue weighted by Gasteiger charge is -2.29. The van der Waals surface area contributed by atoms with E-state index in [0.29, 0.717) is 26.1 Å². The first-order valence-corrected chi connectivity index (χ1v) is 10.5. The van der Waals surface area contributed by atoms with Gasteiger partial charge in [0.15, 0.2) is 0 Å². The van der Waals surface area contributed by atoms with Crippen LogP contribution in [0.2, 0.25) is 0 Å². The average molecular weight is 390 g/mol. The first-order valence-electron chi connectivity index (χ1n) is 9.71. The number of aromatic nitrogens is 2. The SMILES string of the molecule is CC(C)(C)CC(=O)N1CCc2c(sc3ncn(CC4CCCO4)c(=O)c23)C1. The summed E-state index contributed by atoms with van der Waals surface area (Å²) in [5.74, 6) is 0.189. The van der Waals surface area contributed by atoms with Gasteiger partial charge in [0.05, 0.1) is 30.9 Å². The zero-order valence-electron chi connectivity index (χ0n) is 16.3. The lowest BCUT2D eigenvalue weighted by atomic mass is 9.91. The predicted molar refractivity (Wildman–Crippen MR) is 106 cm³/mol. The standard InChI is InChI=1S/C20H27N3O3S/c1-20(2,3)9-16(24)22-7-6-14-15(11-22)27-18-17(14)19(25)23(12-21-18)10-13-5-4-8-26-13/h12-13H,4-11H2,1-3H3. The summed E-state index contributed by atoms with van der Waals surface area (Å²) in [5, 5.41) is 0.749. The van der Waals surface area contributed by atoms with Gasteiger partial charge in [0.25, 0.3) is 5.56 Å². The molecule has 1 saturated heterocycles. The van der Waals surface area contributed by atoms with E-state index in [-0.39, 0.29) is 23.0 Å². The summed E-state index contributed by atoms with van der Waals surface area (Å²) < 4.78 is 7.37. The molecule has 1 unspecified atom stereocenters. The van der Waals surface area contributed by atoms with Gasteiger partial charge in [-0.2, -0.15) is 0 Å². The molecule has 2 aromatic rings. The molecule has 2 aliphatic rings. The molecule has 4 heterocycles. The maximum absolute atomic E-state index is 13.0. The van der Waals surface area contributed by atoms with E-state index in [4.69, 9.17) is 4.74 Å². The summed E-state index contributed by atoms with van der Waals surface area (Å²) in [6.07, 6.45) is 5.09. The van der Waals surface area contributed by atoms with Crippen molar-refractivity contribution in [1.82, 2.24) is 14.5 Å². The number of ether oxygens (including phenoxy) is 1. The van der Waals surface area contributed by atoms with Gasteiger partial charge in [0, 0.05) is 24.4 Å². The molecule has 0 spiro atoms. The molecule has 1 atom stereocenters. The van der Waals surface area contributed by atoms with Gasteiger partial charge >= 0.3 is 0 Å². The maximum Gasteiger partial charge on any atom is 0.262 e. The molecule has 7 heteroatoms. The number of fused-ring (bicyclic) bond motifs is 3. The molecular formula is C20H27N3O3S. The van der Waals surface area contributed by atoms with Gasteiger partial charge in [0.2, 0.25) is 5.91 Å². The molecular weight excluding hydrogens is 362 g/mol. The van der Waals surface area contributed by atoms with Crippen molar-refractivity contribution in [2.45, 2.75) is 65.6 Å². The van der Waals surface area contributed by atoms with Crippen molar-refractivity contribution in [1.29, 1.82) is 0 Å². The van der Waals surface area contributed by atoms with E-state index in [9.17, 15) is 9.59 Å². The van der Waals surface area contributed by atoms with Crippen molar-refractivity contribution in [2.24, 2.45) is 5.41 Å². The van der Waals surface area contributed by atoms with Crippen molar-refractivity contribution in [3.05, 3.63) is 27.1 Å². The van der Waals surface area contributed by atoms with Crippen molar-refractivity contribution in [3.63, 3.8) is 0 Å². The van der Waals surface area contributed by atoms with E-state index in [1.54, 1.807) is 22.2 Å². The molecule has 6 nitrogen and oxygen atoms in total. The monoisotopic (exact) mass is 389 g/mol. The number of nitrogens with zero attached hydrogens (tertiary/aromatic N) is 3. The zero-order valence-corrected chi connectivity index (χ0v) is 17.1. The van der Waals surface area contributed by atoms with Gasteiger partial charge in [-0.1, -0.05) is 20.8 Å². The number of rotatable bonds is 3. The van der Waals surface area contributed by atoms with Crippen LogP contribution in [0.4, 0.5) is 0 Å². The largest absolute Gasteiger partial charge is 0.376 e. The van der Waals surface area contributed by atoms with Crippen molar-refractivity contribution >= 4 is 27.5 Å². The summed E-state index contributed by atoms with van der Waals surface area (Å²) >= 11 is 1.55. The fourth-order valence-electron chi connectivity index (χ4n) is 3.93. The van der Waals surface area contributed by atoms with Gasteiger partial charge in [-0.05, 0) is 30.2 Å². The molecule has 146 valence electrons. The van der Waals surface area contributed by atoms with Crippen LogP contribution in [0.25, 0.3) is 10.2 Å². The molecule has 0 saturated carbocycles. The second-order valence-corrected chi connectivity index (χ2v) is 9.91. The maximum atomic E-state index is 13.0. The van der Waals surface area contributed by atoms with Crippen LogP contribution in [0.1, 0.15) is 50.5 Å². The van der Waals surface area contributed by atoms with Gasteiger partial charge in [0.1, 0.15) is 4.83 Å². The molecule has 2 aromatic heterocycles. The number of thiophene rings is 1. The molecule has 1 fully saturated rings. The Balaban J connectivity index is 1.60. The Bertz CT molecular complexity index is 919. The second-order valence-electron chi connectivity index (χ2n) is 8.82. The lowest BCUT2D eigenvalue weighted by Crippen LogP contribution is -2.37. The highest BCUT2D eigenvalue weighted by Crippen LogP contribution is 2.33. The van der Waals surface area contributed by atoms with Gasteiger partial charge in [-0.15, -0.1) is 11.3 Å². The van der Waals surface area contributed by atoms with Gasteiger partial charge in [-0.3, -0.25) is 14.2 Å². The van der Waals surface area contributed by atoms with Crippen molar-refractivity contribution in [2.75, 3.05) is 13.2 Å². The van der Waals surface area contributed by atoms with Crippen LogP contribution < -0.4 is 5.56 Å². The van der Waals surface area contributed by atoms with E-state index in [2.05, 4.69) is 25.8 Å². The number of hydrogen-bond donors (Lipinski definition) is 0. The minimum absolute atomic E-state index is 0.0187. The first-order chi connectivity index (χ1) is 12.8. The third kappa shape index (κ3) is 3.80. The molecule has 27 heavy (non-hydrogen) atoms. The Morgan fingerprint density at radius 2 is 2.22 bits per heavy atom. The first kappa shape index (κ1) is 18.6. The average Bonchev–Trinajstić information content (AvgIpc) is 3.22. The number of hydrogen-bond acceptors (Lipinski definition) is 5. The van der Waals surface area contributed by atoms with E-state index in [0.717, 1.165) is 46.5 Å². The highest BCUT2D eigenvalue weighted by molar-refractivity contribution is 7.18. The molecule has 2 aliphatic heterocycles. The molecule has 1 amide bonds. The molecule has 0 aliphatic carbocycles. The van der Waals surface area contributed by atoms with E-state index < -0.39 is 0 Å². The quantitative estimate of drug-likeness (QED) is 0.810. The number of amides is 1. The third-order valence-corrected chi connectivity index (χ3v) is 6.41. The molecule has 0 radical (unpaired) electrons. The van der Waals surface area contributed by atoms with Crippen LogP contribution in [0, 0.1) is 5.41 Å². The van der Waals surface area contributed by atoms with Crippen LogP contribution in [-0.4, -0.2) is 39.6 Å². The van der Waals surface area contributed by atoms with E-state index in [1.807, 2.05) is 4.90 Å². The molecule has 0 bridgehead atoms. The Labute approximate surface area is 163 Å². The summed E-state index contributed by atoms with van der Waals surface area (Å²) in [6.45, 7) is 8.87. The highest BCUT2D eigenvalue weighted by atomic mass is 32.1. The molecule has 4 rings (SSSR count). The fraction of sp³-hybridized carbons (Fsp3) is 0.650. The fourth-order valence-corrected chi connectivity index (χ4v) is 5.13. The summed E-state index contributed by atoms with van der Waals surface area (Å²) in [6, 6.07) is 0. The Morgan fingerprint density at radius 3 is 2.93 bits per heavy atom. The van der Waals surface area contributed by atoms with Crippen LogP contribution >= 0.6 is 11.3 Å². The van der Waals surface area contributed by atoms with Gasteiger partial charge < -0.3 is 9.64 Å². The molecule has 0 N–H and O–H groups in total. The topological polar surface area (TPSA) is 64.4 Å². The second kappa shape index (κ2) is 7.02. The van der Waals surface area contributed by atoms with E-state index >= 15 is 0 Å². The summed E-state index contributed by atoms with van der Waals surface area (Å²) in [5.41, 5.74) is 1.10. The molecule has 0 aromatic carbocycles. The predicted octanol–water partition coefficient (Wildman–Crippen LogP) is 2.96. The number of carbonyl (C=O) groups is 1. The summed E-state index contributed by atoms with van der Waals surface area (Å²) in [7, 11) is 0. The minimum Gasteiger partial charge on any atom is -0.376 e. The van der Waals surface area contributed by atoms with Crippen molar-refractivity contribution < 1.29 is 9.53 Å². The summed E-state index contributed by atoms with van der Waals surface area (Å²) in [4.78, 5) is 34.0. The smallest absolute Gasteiger partial charge is 0.262 e. The van der Waals surface area contributed by atoms with Gasteiger partial charge in [-0.25, -0.2) is 4.98 Å². The normalized spacial score (nSPS) is 20.3.